The zero-order chi connectivity index (χ0) is 28.3. The molecule has 204 valence electrons. The van der Waals surface area contributed by atoms with Gasteiger partial charge in [0, 0.05) is 11.3 Å². The first kappa shape index (κ1) is 27.8. The number of anilines is 1. The summed E-state index contributed by atoms with van der Waals surface area (Å²) in [7, 11) is 0. The van der Waals surface area contributed by atoms with Crippen LogP contribution in [0.3, 0.4) is 0 Å². The van der Waals surface area contributed by atoms with Crippen LogP contribution in [0, 0.1) is 5.92 Å². The van der Waals surface area contributed by atoms with Gasteiger partial charge >= 0.3 is 0 Å². The van der Waals surface area contributed by atoms with Gasteiger partial charge in [-0.3, -0.25) is 14.5 Å². The van der Waals surface area contributed by atoms with Crippen molar-refractivity contribution in [2.24, 2.45) is 5.92 Å². The third-order valence-electron chi connectivity index (χ3n) is 6.57. The standard InChI is InChI=1S/C32H35NO6/c1-6-38-27-17-22(12-15-26(27)34)29-28(30(35)23-8-7-9-25(16-23)39-18-19(2)3)31(36)32(37)33(29)24-13-10-21(11-14-24)20(4)5/h7-17,19-20,29,34-35H,6,18H2,1-5H3/b30-28-. The van der Waals surface area contributed by atoms with Crippen LogP contribution in [0.25, 0.3) is 5.76 Å². The van der Waals surface area contributed by atoms with Crippen LogP contribution in [0.4, 0.5) is 5.69 Å². The second-order valence-corrected chi connectivity index (χ2v) is 10.3. The van der Waals surface area contributed by atoms with Crippen molar-refractivity contribution in [3.05, 3.63) is 89.0 Å². The van der Waals surface area contributed by atoms with Gasteiger partial charge in [0.05, 0.1) is 24.8 Å². The topological polar surface area (TPSA) is 96.3 Å². The number of hydrogen-bond acceptors (Lipinski definition) is 6. The van der Waals surface area contributed by atoms with E-state index in [1.165, 1.54) is 11.0 Å². The van der Waals surface area contributed by atoms with E-state index < -0.39 is 17.7 Å². The summed E-state index contributed by atoms with van der Waals surface area (Å²) in [4.78, 5) is 28.4. The lowest BCUT2D eigenvalue weighted by molar-refractivity contribution is -0.132. The van der Waals surface area contributed by atoms with Crippen LogP contribution in [0.15, 0.2) is 72.3 Å². The number of ketones is 1. The van der Waals surface area contributed by atoms with Gasteiger partial charge in [0.25, 0.3) is 11.7 Å². The van der Waals surface area contributed by atoms with Gasteiger partial charge in [-0.25, -0.2) is 0 Å². The summed E-state index contributed by atoms with van der Waals surface area (Å²) in [6, 6.07) is 18.0. The Morgan fingerprint density at radius 1 is 0.949 bits per heavy atom. The van der Waals surface area contributed by atoms with E-state index >= 15 is 0 Å². The second kappa shape index (κ2) is 11.6. The van der Waals surface area contributed by atoms with Gasteiger partial charge in [-0.15, -0.1) is 0 Å². The van der Waals surface area contributed by atoms with Crippen LogP contribution < -0.4 is 14.4 Å². The van der Waals surface area contributed by atoms with Crippen molar-refractivity contribution in [1.82, 2.24) is 0 Å². The maximum atomic E-state index is 13.5. The minimum absolute atomic E-state index is 0.0536. The van der Waals surface area contributed by atoms with E-state index in [4.69, 9.17) is 9.47 Å². The van der Waals surface area contributed by atoms with Crippen LogP contribution in [0.2, 0.25) is 0 Å². The van der Waals surface area contributed by atoms with E-state index in [0.717, 1.165) is 5.56 Å². The number of aliphatic hydroxyl groups excluding tert-OH is 1. The van der Waals surface area contributed by atoms with E-state index in [1.54, 1.807) is 55.5 Å². The molecule has 1 heterocycles. The molecule has 7 nitrogen and oxygen atoms in total. The van der Waals surface area contributed by atoms with Gasteiger partial charge in [0.15, 0.2) is 11.5 Å². The van der Waals surface area contributed by atoms with Crippen molar-refractivity contribution in [3.63, 3.8) is 0 Å². The molecule has 1 saturated heterocycles. The Bertz CT molecular complexity index is 1390. The molecule has 1 aliphatic rings. The lowest BCUT2D eigenvalue weighted by atomic mass is 9.94. The number of ether oxygens (including phenoxy) is 2. The van der Waals surface area contributed by atoms with Crippen LogP contribution in [0.1, 0.15) is 63.3 Å². The number of nitrogens with zero attached hydrogens (tertiary/aromatic N) is 1. The van der Waals surface area contributed by atoms with Gasteiger partial charge in [-0.2, -0.15) is 0 Å². The number of hydrogen-bond donors (Lipinski definition) is 2. The fraction of sp³-hybridized carbons (Fsp3) is 0.312. The molecular weight excluding hydrogens is 494 g/mol. The summed E-state index contributed by atoms with van der Waals surface area (Å²) in [5.41, 5.74) is 2.43. The van der Waals surface area contributed by atoms with Gasteiger partial charge in [-0.05, 0) is 66.3 Å². The summed E-state index contributed by atoms with van der Waals surface area (Å²) >= 11 is 0. The Balaban J connectivity index is 1.88. The second-order valence-electron chi connectivity index (χ2n) is 10.3. The minimum atomic E-state index is -0.949. The summed E-state index contributed by atoms with van der Waals surface area (Å²) in [6.45, 7) is 10.8. The molecule has 39 heavy (non-hydrogen) atoms. The SMILES string of the molecule is CCOc1cc(C2/C(=C(/O)c3cccc(OCC(C)C)c3)C(=O)C(=O)N2c2ccc(C(C)C)cc2)ccc1O. The predicted molar refractivity (Wildman–Crippen MR) is 151 cm³/mol. The molecule has 0 bridgehead atoms. The largest absolute Gasteiger partial charge is 0.507 e. The van der Waals surface area contributed by atoms with Crippen LogP contribution in [-0.2, 0) is 9.59 Å². The van der Waals surface area contributed by atoms with Crippen molar-refractivity contribution in [3.8, 4) is 17.2 Å². The fourth-order valence-corrected chi connectivity index (χ4v) is 4.56. The van der Waals surface area contributed by atoms with Crippen molar-refractivity contribution in [2.45, 2.75) is 46.6 Å². The average molecular weight is 530 g/mol. The molecule has 0 radical (unpaired) electrons. The van der Waals surface area contributed by atoms with Gasteiger partial charge in [0.2, 0.25) is 0 Å². The van der Waals surface area contributed by atoms with Crippen LogP contribution in [0.5, 0.6) is 17.2 Å². The summed E-state index contributed by atoms with van der Waals surface area (Å²) in [5.74, 6) is -0.549. The Labute approximate surface area is 229 Å². The molecule has 0 spiro atoms. The monoisotopic (exact) mass is 529 g/mol. The Morgan fingerprint density at radius 3 is 2.31 bits per heavy atom. The molecule has 0 aromatic heterocycles. The van der Waals surface area contributed by atoms with E-state index in [0.29, 0.717) is 47.6 Å². The molecule has 1 aliphatic heterocycles. The highest BCUT2D eigenvalue weighted by atomic mass is 16.5. The molecular formula is C32H35NO6. The lowest BCUT2D eigenvalue weighted by Crippen LogP contribution is -2.29. The molecule has 3 aromatic carbocycles. The third-order valence-corrected chi connectivity index (χ3v) is 6.57. The quantitative estimate of drug-likeness (QED) is 0.185. The number of carbonyl (C=O) groups excluding carboxylic acids is 2. The van der Waals surface area contributed by atoms with Gasteiger partial charge < -0.3 is 19.7 Å². The minimum Gasteiger partial charge on any atom is -0.507 e. The van der Waals surface area contributed by atoms with Gasteiger partial charge in [-0.1, -0.05) is 58.0 Å². The van der Waals surface area contributed by atoms with Crippen molar-refractivity contribution < 1.29 is 29.3 Å². The van der Waals surface area contributed by atoms with E-state index in [2.05, 4.69) is 13.8 Å². The van der Waals surface area contributed by atoms with Crippen molar-refractivity contribution >= 4 is 23.1 Å². The molecule has 0 saturated carbocycles. The average Bonchev–Trinajstić information content (AvgIpc) is 3.18. The Morgan fingerprint density at radius 2 is 1.67 bits per heavy atom. The molecule has 3 aromatic rings. The highest BCUT2D eigenvalue weighted by Crippen LogP contribution is 2.44. The number of Topliss-reactive ketones (excluding diaryl/α,β-unsaturated/α-hetero) is 1. The number of aromatic hydroxyl groups is 1. The molecule has 7 heteroatoms. The van der Waals surface area contributed by atoms with Crippen molar-refractivity contribution in [2.75, 3.05) is 18.1 Å². The first-order valence-corrected chi connectivity index (χ1v) is 13.2. The number of aliphatic hydroxyl groups is 1. The first-order chi connectivity index (χ1) is 18.6. The zero-order valence-electron chi connectivity index (χ0n) is 23.0. The number of rotatable bonds is 9. The molecule has 0 aliphatic carbocycles. The van der Waals surface area contributed by atoms with E-state index in [9.17, 15) is 19.8 Å². The smallest absolute Gasteiger partial charge is 0.300 e. The van der Waals surface area contributed by atoms with Crippen LogP contribution >= 0.6 is 0 Å². The number of carbonyl (C=O) groups is 2. The summed E-state index contributed by atoms with van der Waals surface area (Å²) < 4.78 is 11.4. The zero-order valence-corrected chi connectivity index (χ0v) is 23.0. The summed E-state index contributed by atoms with van der Waals surface area (Å²) in [5, 5.41) is 21.8. The Kier molecular flexibility index (Phi) is 8.29. The first-order valence-electron chi connectivity index (χ1n) is 13.2. The third kappa shape index (κ3) is 5.77. The number of amides is 1. The molecule has 4 rings (SSSR count). The highest BCUT2D eigenvalue weighted by Gasteiger charge is 2.47. The Hall–Kier alpha value is -4.26. The van der Waals surface area contributed by atoms with Crippen molar-refractivity contribution in [1.29, 1.82) is 0 Å². The highest BCUT2D eigenvalue weighted by molar-refractivity contribution is 6.51. The normalized spacial score (nSPS) is 16.8. The maximum absolute atomic E-state index is 13.5. The molecule has 1 unspecified atom stereocenters. The van der Waals surface area contributed by atoms with E-state index in [1.807, 2.05) is 26.0 Å². The molecule has 1 fully saturated rings. The molecule has 1 amide bonds. The van der Waals surface area contributed by atoms with Crippen LogP contribution in [-0.4, -0.2) is 35.1 Å². The van der Waals surface area contributed by atoms with Gasteiger partial charge in [0.1, 0.15) is 11.5 Å². The predicted octanol–water partition coefficient (Wildman–Crippen LogP) is 6.58. The number of phenols is 1. The lowest BCUT2D eigenvalue weighted by Gasteiger charge is -2.26. The summed E-state index contributed by atoms with van der Waals surface area (Å²) in [6.07, 6.45) is 0. The molecule has 2 N–H and O–H groups in total. The number of benzene rings is 3. The van der Waals surface area contributed by atoms with E-state index in [-0.39, 0.29) is 22.8 Å². The fourth-order valence-electron chi connectivity index (χ4n) is 4.56. The number of phenolic OH excluding ortho intramolecular Hbond substituents is 1. The molecule has 1 atom stereocenters. The maximum Gasteiger partial charge on any atom is 0.300 e.